The van der Waals surface area contributed by atoms with E-state index in [1.807, 2.05) is 12.3 Å². The van der Waals surface area contributed by atoms with Crippen LogP contribution in [0.15, 0.2) is 34.6 Å². The molecular formula is C15H19ClN6S. The monoisotopic (exact) mass is 350 g/mol. The van der Waals surface area contributed by atoms with Crippen molar-refractivity contribution in [3.8, 4) is 0 Å². The summed E-state index contributed by atoms with van der Waals surface area (Å²) in [5.74, 6) is 1.86. The molecule has 0 aromatic carbocycles. The van der Waals surface area contributed by atoms with Gasteiger partial charge in [0.1, 0.15) is 16.7 Å². The van der Waals surface area contributed by atoms with Gasteiger partial charge in [0.25, 0.3) is 0 Å². The van der Waals surface area contributed by atoms with Gasteiger partial charge in [-0.3, -0.25) is 0 Å². The largest absolute Gasteiger partial charge is 0.382 e. The summed E-state index contributed by atoms with van der Waals surface area (Å²) in [6, 6.07) is 1.82. The molecule has 0 aliphatic carbocycles. The molecule has 1 saturated heterocycles. The highest BCUT2D eigenvalue weighted by Gasteiger charge is 2.19. The quantitative estimate of drug-likeness (QED) is 0.874. The van der Waals surface area contributed by atoms with Gasteiger partial charge in [0, 0.05) is 24.2 Å². The van der Waals surface area contributed by atoms with Crippen LogP contribution in [0.5, 0.6) is 0 Å². The van der Waals surface area contributed by atoms with Crippen molar-refractivity contribution in [2.75, 3.05) is 30.3 Å². The molecule has 1 fully saturated rings. The summed E-state index contributed by atoms with van der Waals surface area (Å²) in [7, 11) is 0. The molecule has 0 amide bonds. The Balaban J connectivity index is 1.67. The predicted molar refractivity (Wildman–Crippen MR) is 93.8 cm³/mol. The van der Waals surface area contributed by atoms with E-state index in [-0.39, 0.29) is 0 Å². The van der Waals surface area contributed by atoms with Gasteiger partial charge in [-0.15, -0.1) is 0 Å². The Morgan fingerprint density at radius 3 is 2.65 bits per heavy atom. The number of anilines is 2. The molecule has 8 heteroatoms. The van der Waals surface area contributed by atoms with Crippen LogP contribution in [0.2, 0.25) is 5.02 Å². The normalized spacial score (nSPS) is 15.8. The number of nitrogens with zero attached hydrogens (tertiary/aromatic N) is 4. The third kappa shape index (κ3) is 3.85. The summed E-state index contributed by atoms with van der Waals surface area (Å²) < 4.78 is 0. The van der Waals surface area contributed by atoms with Gasteiger partial charge in [-0.2, -0.15) is 0 Å². The third-order valence-electron chi connectivity index (χ3n) is 3.98. The summed E-state index contributed by atoms with van der Waals surface area (Å²) in [6.45, 7) is 2.73. The zero-order valence-electron chi connectivity index (χ0n) is 12.7. The van der Waals surface area contributed by atoms with Gasteiger partial charge in [0.15, 0.2) is 0 Å². The SMILES string of the molecule is NCC1CCN(c2cnc(Sc3ccnc(N)c3Cl)cn2)CC1. The summed E-state index contributed by atoms with van der Waals surface area (Å²) in [5.41, 5.74) is 11.4. The molecule has 23 heavy (non-hydrogen) atoms. The fourth-order valence-corrected chi connectivity index (χ4v) is 3.54. The van der Waals surface area contributed by atoms with Gasteiger partial charge in [-0.1, -0.05) is 23.4 Å². The molecule has 1 aliphatic heterocycles. The lowest BCUT2D eigenvalue weighted by Crippen LogP contribution is -2.36. The van der Waals surface area contributed by atoms with E-state index in [1.54, 1.807) is 12.4 Å². The van der Waals surface area contributed by atoms with Crippen molar-refractivity contribution in [3.63, 3.8) is 0 Å². The molecule has 0 bridgehead atoms. The van der Waals surface area contributed by atoms with Crippen LogP contribution in [-0.4, -0.2) is 34.6 Å². The zero-order chi connectivity index (χ0) is 16.2. The first kappa shape index (κ1) is 16.3. The minimum atomic E-state index is 0.323. The molecule has 2 aromatic rings. The number of hydrogen-bond donors (Lipinski definition) is 2. The van der Waals surface area contributed by atoms with E-state index < -0.39 is 0 Å². The fraction of sp³-hybridized carbons (Fsp3) is 0.400. The molecule has 0 unspecified atom stereocenters. The Hall–Kier alpha value is -1.57. The van der Waals surface area contributed by atoms with Crippen molar-refractivity contribution >= 4 is 35.0 Å². The molecule has 122 valence electrons. The summed E-state index contributed by atoms with van der Waals surface area (Å²) in [5, 5.41) is 1.23. The molecule has 3 rings (SSSR count). The Labute approximate surface area is 144 Å². The second-order valence-electron chi connectivity index (χ2n) is 5.49. The molecular weight excluding hydrogens is 332 g/mol. The highest BCUT2D eigenvalue weighted by atomic mass is 35.5. The molecule has 6 nitrogen and oxygen atoms in total. The Morgan fingerprint density at radius 1 is 1.22 bits per heavy atom. The van der Waals surface area contributed by atoms with Crippen LogP contribution in [0.25, 0.3) is 0 Å². The standard InChI is InChI=1S/C15H19ClN6S/c16-14-11(1-4-19-15(14)18)23-13-9-20-12(8-21-13)22-5-2-10(7-17)3-6-22/h1,4,8-10H,2-3,5-7,17H2,(H2,18,19). The smallest absolute Gasteiger partial charge is 0.147 e. The molecule has 0 atom stereocenters. The first-order valence-corrected chi connectivity index (χ1v) is 8.71. The number of hydrogen-bond acceptors (Lipinski definition) is 7. The summed E-state index contributed by atoms with van der Waals surface area (Å²) >= 11 is 7.58. The summed E-state index contributed by atoms with van der Waals surface area (Å²) in [4.78, 5) is 16.0. The number of nitrogen functional groups attached to an aromatic ring is 1. The first-order valence-electron chi connectivity index (χ1n) is 7.52. The van der Waals surface area contributed by atoms with E-state index in [4.69, 9.17) is 23.1 Å². The van der Waals surface area contributed by atoms with E-state index in [2.05, 4.69) is 19.9 Å². The van der Waals surface area contributed by atoms with E-state index in [1.165, 1.54) is 11.8 Å². The van der Waals surface area contributed by atoms with Crippen LogP contribution in [0.3, 0.4) is 0 Å². The number of nitrogens with two attached hydrogens (primary N) is 2. The van der Waals surface area contributed by atoms with Crippen LogP contribution in [0.1, 0.15) is 12.8 Å². The van der Waals surface area contributed by atoms with Crippen molar-refractivity contribution in [1.82, 2.24) is 15.0 Å². The lowest BCUT2D eigenvalue weighted by Gasteiger charge is -2.31. The van der Waals surface area contributed by atoms with Gasteiger partial charge in [0.05, 0.1) is 17.4 Å². The minimum absolute atomic E-state index is 0.323. The second kappa shape index (κ2) is 7.33. The van der Waals surface area contributed by atoms with Gasteiger partial charge >= 0.3 is 0 Å². The Kier molecular flexibility index (Phi) is 5.20. The van der Waals surface area contributed by atoms with Crippen LogP contribution in [-0.2, 0) is 0 Å². The van der Waals surface area contributed by atoms with Crippen molar-refractivity contribution < 1.29 is 0 Å². The average Bonchev–Trinajstić information content (AvgIpc) is 2.60. The number of halogens is 1. The molecule has 1 aliphatic rings. The van der Waals surface area contributed by atoms with Crippen LogP contribution in [0, 0.1) is 5.92 Å². The van der Waals surface area contributed by atoms with Gasteiger partial charge < -0.3 is 16.4 Å². The maximum atomic E-state index is 6.15. The number of rotatable bonds is 4. The molecule has 2 aromatic heterocycles. The molecule has 4 N–H and O–H groups in total. The average molecular weight is 351 g/mol. The lowest BCUT2D eigenvalue weighted by atomic mass is 9.97. The highest BCUT2D eigenvalue weighted by Crippen LogP contribution is 2.34. The minimum Gasteiger partial charge on any atom is -0.382 e. The van der Waals surface area contributed by atoms with E-state index in [9.17, 15) is 0 Å². The topological polar surface area (TPSA) is 94.0 Å². The van der Waals surface area contributed by atoms with E-state index >= 15 is 0 Å². The predicted octanol–water partition coefficient (Wildman–Crippen LogP) is 2.43. The summed E-state index contributed by atoms with van der Waals surface area (Å²) in [6.07, 6.45) is 7.43. The number of piperidine rings is 1. The van der Waals surface area contributed by atoms with Crippen LogP contribution in [0.4, 0.5) is 11.6 Å². The van der Waals surface area contributed by atoms with Crippen molar-refractivity contribution in [1.29, 1.82) is 0 Å². The molecule has 0 saturated carbocycles. The first-order chi connectivity index (χ1) is 11.2. The van der Waals surface area contributed by atoms with Crippen molar-refractivity contribution in [2.45, 2.75) is 22.8 Å². The molecule has 3 heterocycles. The van der Waals surface area contributed by atoms with E-state index in [0.29, 0.717) is 16.8 Å². The Bertz CT molecular complexity index is 658. The number of pyridine rings is 1. The van der Waals surface area contributed by atoms with Gasteiger partial charge in [0.2, 0.25) is 0 Å². The van der Waals surface area contributed by atoms with Crippen LogP contribution < -0.4 is 16.4 Å². The van der Waals surface area contributed by atoms with Crippen molar-refractivity contribution in [3.05, 3.63) is 29.7 Å². The van der Waals surface area contributed by atoms with Gasteiger partial charge in [-0.05, 0) is 31.4 Å². The fourth-order valence-electron chi connectivity index (χ4n) is 2.56. The third-order valence-corrected chi connectivity index (χ3v) is 5.47. The lowest BCUT2D eigenvalue weighted by molar-refractivity contribution is 0.413. The van der Waals surface area contributed by atoms with E-state index in [0.717, 1.165) is 48.2 Å². The maximum absolute atomic E-state index is 6.15. The molecule has 0 spiro atoms. The number of aromatic nitrogens is 3. The second-order valence-corrected chi connectivity index (χ2v) is 6.93. The zero-order valence-corrected chi connectivity index (χ0v) is 14.2. The highest BCUT2D eigenvalue weighted by molar-refractivity contribution is 7.99. The Morgan fingerprint density at radius 2 is 2.00 bits per heavy atom. The van der Waals surface area contributed by atoms with Gasteiger partial charge in [-0.25, -0.2) is 15.0 Å². The van der Waals surface area contributed by atoms with Crippen molar-refractivity contribution in [2.24, 2.45) is 11.7 Å². The van der Waals surface area contributed by atoms with Crippen LogP contribution >= 0.6 is 23.4 Å². The molecule has 0 radical (unpaired) electrons. The maximum Gasteiger partial charge on any atom is 0.147 e.